The molecule has 3 aliphatic rings. The highest BCUT2D eigenvalue weighted by Crippen LogP contribution is 2.33. The third kappa shape index (κ3) is 2.64. The number of likely N-dealkylation sites (tertiary alicyclic amines) is 1. The lowest BCUT2D eigenvalue weighted by molar-refractivity contribution is -0.137. The highest BCUT2D eigenvalue weighted by Gasteiger charge is 2.36. The summed E-state index contributed by atoms with van der Waals surface area (Å²) in [6, 6.07) is 0. The van der Waals surface area contributed by atoms with Gasteiger partial charge in [0.2, 0.25) is 11.8 Å². The number of amides is 1. The van der Waals surface area contributed by atoms with Crippen LogP contribution in [0.25, 0.3) is 0 Å². The van der Waals surface area contributed by atoms with Gasteiger partial charge in [-0.3, -0.25) is 4.79 Å². The summed E-state index contributed by atoms with van der Waals surface area (Å²) < 4.78 is 10.9. The number of nitrogens with zero attached hydrogens (tertiary/aromatic N) is 3. The Morgan fingerprint density at radius 3 is 2.64 bits per heavy atom. The number of carbonyl (C=O) groups excluding carboxylic acids is 1. The van der Waals surface area contributed by atoms with E-state index in [1.165, 1.54) is 6.42 Å². The van der Waals surface area contributed by atoms with Gasteiger partial charge in [0.25, 0.3) is 0 Å². The van der Waals surface area contributed by atoms with E-state index in [1.54, 1.807) is 0 Å². The van der Waals surface area contributed by atoms with Crippen molar-refractivity contribution in [3.8, 4) is 0 Å². The number of hydrogen-bond donors (Lipinski definition) is 0. The molecule has 0 N–H and O–H groups in total. The minimum absolute atomic E-state index is 0.213. The van der Waals surface area contributed by atoms with Crippen molar-refractivity contribution in [3.05, 3.63) is 11.7 Å². The molecule has 6 heteroatoms. The van der Waals surface area contributed by atoms with Crippen molar-refractivity contribution in [1.29, 1.82) is 0 Å². The van der Waals surface area contributed by atoms with Gasteiger partial charge in [0.15, 0.2) is 5.82 Å². The SMILES string of the molecule is O=C(C1CCC1)N1CCC(c2nc(C3CCOCC3)no2)C1. The highest BCUT2D eigenvalue weighted by atomic mass is 16.5. The van der Waals surface area contributed by atoms with Crippen molar-refractivity contribution < 1.29 is 14.1 Å². The van der Waals surface area contributed by atoms with Crippen molar-refractivity contribution in [2.24, 2.45) is 5.92 Å². The van der Waals surface area contributed by atoms with Gasteiger partial charge in [-0.25, -0.2) is 0 Å². The van der Waals surface area contributed by atoms with Crippen LogP contribution in [0, 0.1) is 5.92 Å². The Labute approximate surface area is 130 Å². The Morgan fingerprint density at radius 1 is 1.09 bits per heavy atom. The number of rotatable bonds is 3. The van der Waals surface area contributed by atoms with E-state index >= 15 is 0 Å². The molecule has 0 bridgehead atoms. The maximum atomic E-state index is 12.3. The summed E-state index contributed by atoms with van der Waals surface area (Å²) in [4.78, 5) is 18.9. The van der Waals surface area contributed by atoms with Gasteiger partial charge >= 0.3 is 0 Å². The third-order valence-electron chi connectivity index (χ3n) is 5.35. The number of hydrogen-bond acceptors (Lipinski definition) is 5. The van der Waals surface area contributed by atoms with Gasteiger partial charge in [0.1, 0.15) is 0 Å². The Morgan fingerprint density at radius 2 is 1.91 bits per heavy atom. The molecule has 1 aromatic rings. The van der Waals surface area contributed by atoms with Crippen LogP contribution in [0.5, 0.6) is 0 Å². The molecule has 2 saturated heterocycles. The first-order valence-corrected chi connectivity index (χ1v) is 8.51. The molecule has 4 rings (SSSR count). The van der Waals surface area contributed by atoms with Crippen LogP contribution in [-0.4, -0.2) is 47.3 Å². The molecule has 6 nitrogen and oxygen atoms in total. The van der Waals surface area contributed by atoms with E-state index < -0.39 is 0 Å². The van der Waals surface area contributed by atoms with Crippen molar-refractivity contribution >= 4 is 5.91 Å². The van der Waals surface area contributed by atoms with Crippen LogP contribution >= 0.6 is 0 Å². The van der Waals surface area contributed by atoms with Crippen LogP contribution in [-0.2, 0) is 9.53 Å². The lowest BCUT2D eigenvalue weighted by Gasteiger charge is -2.28. The molecule has 22 heavy (non-hydrogen) atoms. The average molecular weight is 305 g/mol. The van der Waals surface area contributed by atoms with Crippen LogP contribution in [0.1, 0.15) is 62.1 Å². The van der Waals surface area contributed by atoms with Gasteiger partial charge < -0.3 is 14.2 Å². The zero-order chi connectivity index (χ0) is 14.9. The highest BCUT2D eigenvalue weighted by molar-refractivity contribution is 5.79. The number of aromatic nitrogens is 2. The lowest BCUT2D eigenvalue weighted by Crippen LogP contribution is -2.37. The lowest BCUT2D eigenvalue weighted by atomic mass is 9.84. The Kier molecular flexibility index (Phi) is 3.86. The monoisotopic (exact) mass is 305 g/mol. The zero-order valence-corrected chi connectivity index (χ0v) is 12.9. The van der Waals surface area contributed by atoms with E-state index in [1.807, 2.05) is 4.90 Å². The summed E-state index contributed by atoms with van der Waals surface area (Å²) in [6.07, 6.45) is 6.20. The Hall–Kier alpha value is -1.43. The smallest absolute Gasteiger partial charge is 0.231 e. The van der Waals surface area contributed by atoms with Gasteiger partial charge in [-0.1, -0.05) is 11.6 Å². The summed E-state index contributed by atoms with van der Waals surface area (Å²) >= 11 is 0. The minimum atomic E-state index is 0.213. The maximum Gasteiger partial charge on any atom is 0.231 e. The fraction of sp³-hybridized carbons (Fsp3) is 0.812. The molecule has 0 aromatic carbocycles. The van der Waals surface area contributed by atoms with Crippen molar-refractivity contribution in [3.63, 3.8) is 0 Å². The van der Waals surface area contributed by atoms with E-state index in [0.29, 0.717) is 17.7 Å². The van der Waals surface area contributed by atoms with Crippen LogP contribution in [0.4, 0.5) is 0 Å². The Balaban J connectivity index is 1.38. The second-order valence-electron chi connectivity index (χ2n) is 6.78. The standard InChI is InChI=1S/C16H23N3O3/c20-16(12-2-1-3-12)19-7-4-13(10-19)15-17-14(18-22-15)11-5-8-21-9-6-11/h11-13H,1-10H2. The summed E-state index contributed by atoms with van der Waals surface area (Å²) in [5, 5.41) is 4.17. The van der Waals surface area contributed by atoms with E-state index in [9.17, 15) is 4.79 Å². The molecule has 1 saturated carbocycles. The second kappa shape index (κ2) is 5.99. The molecule has 1 atom stereocenters. The van der Waals surface area contributed by atoms with E-state index in [2.05, 4.69) is 10.1 Å². The predicted molar refractivity (Wildman–Crippen MR) is 78.4 cm³/mol. The fourth-order valence-corrected chi connectivity index (χ4v) is 3.61. The van der Waals surface area contributed by atoms with E-state index in [-0.39, 0.29) is 11.8 Å². The molecule has 0 radical (unpaired) electrons. The molecule has 120 valence electrons. The van der Waals surface area contributed by atoms with Crippen molar-refractivity contribution in [2.45, 2.75) is 50.4 Å². The summed E-state index contributed by atoms with van der Waals surface area (Å²) in [7, 11) is 0. The first-order chi connectivity index (χ1) is 10.8. The van der Waals surface area contributed by atoms with Gasteiger partial charge in [-0.15, -0.1) is 0 Å². The minimum Gasteiger partial charge on any atom is -0.381 e. The van der Waals surface area contributed by atoms with Crippen LogP contribution in [0.3, 0.4) is 0 Å². The van der Waals surface area contributed by atoms with Crippen molar-refractivity contribution in [2.75, 3.05) is 26.3 Å². The first-order valence-electron chi connectivity index (χ1n) is 8.51. The second-order valence-corrected chi connectivity index (χ2v) is 6.78. The molecule has 1 aliphatic carbocycles. The molecular weight excluding hydrogens is 282 g/mol. The van der Waals surface area contributed by atoms with Gasteiger partial charge in [0.05, 0.1) is 5.92 Å². The largest absolute Gasteiger partial charge is 0.381 e. The predicted octanol–water partition coefficient (Wildman–Crippen LogP) is 2.08. The topological polar surface area (TPSA) is 68.5 Å². The van der Waals surface area contributed by atoms with Gasteiger partial charge in [-0.05, 0) is 32.1 Å². The van der Waals surface area contributed by atoms with Gasteiger partial charge in [-0.2, -0.15) is 4.98 Å². The molecule has 0 spiro atoms. The average Bonchev–Trinajstić information content (AvgIpc) is 3.15. The summed E-state index contributed by atoms with van der Waals surface area (Å²) in [5.41, 5.74) is 0. The molecule has 1 amide bonds. The van der Waals surface area contributed by atoms with Crippen LogP contribution in [0.2, 0.25) is 0 Å². The zero-order valence-electron chi connectivity index (χ0n) is 12.9. The van der Waals surface area contributed by atoms with Gasteiger partial charge in [0, 0.05) is 38.1 Å². The normalized spacial score (nSPS) is 27.1. The van der Waals surface area contributed by atoms with Crippen LogP contribution < -0.4 is 0 Å². The maximum absolute atomic E-state index is 12.3. The first kappa shape index (κ1) is 14.2. The molecule has 2 aliphatic heterocycles. The van der Waals surface area contributed by atoms with E-state index in [4.69, 9.17) is 9.26 Å². The number of carbonyl (C=O) groups is 1. The Bertz CT molecular complexity index is 534. The van der Waals surface area contributed by atoms with Crippen molar-refractivity contribution in [1.82, 2.24) is 15.0 Å². The molecular formula is C16H23N3O3. The molecule has 3 fully saturated rings. The number of ether oxygens (including phenoxy) is 1. The molecule has 1 unspecified atom stereocenters. The third-order valence-corrected chi connectivity index (χ3v) is 5.35. The quantitative estimate of drug-likeness (QED) is 0.855. The molecule has 1 aromatic heterocycles. The molecule has 3 heterocycles. The summed E-state index contributed by atoms with van der Waals surface area (Å²) in [5.74, 6) is 2.72. The van der Waals surface area contributed by atoms with Crippen LogP contribution in [0.15, 0.2) is 4.52 Å². The van der Waals surface area contributed by atoms with E-state index in [0.717, 1.165) is 64.2 Å². The summed E-state index contributed by atoms with van der Waals surface area (Å²) in [6.45, 7) is 3.13. The fourth-order valence-electron chi connectivity index (χ4n) is 3.61.